The minimum Gasteiger partial charge on any atom is -0.314 e. The van der Waals surface area contributed by atoms with Crippen molar-refractivity contribution >= 4 is 25.8 Å². The van der Waals surface area contributed by atoms with Gasteiger partial charge in [-0.2, -0.15) is 0 Å². The van der Waals surface area contributed by atoms with E-state index >= 15 is 0 Å². The molecule has 5 heteroatoms. The molecule has 3 nitrogen and oxygen atoms in total. The molecule has 2 unspecified atom stereocenters. The Labute approximate surface area is 123 Å². The van der Waals surface area contributed by atoms with Crippen molar-refractivity contribution in [3.05, 3.63) is 34.3 Å². The van der Waals surface area contributed by atoms with Crippen molar-refractivity contribution in [2.45, 2.75) is 25.8 Å². The van der Waals surface area contributed by atoms with Crippen LogP contribution in [0.15, 0.2) is 28.7 Å². The third kappa shape index (κ3) is 4.29. The van der Waals surface area contributed by atoms with Gasteiger partial charge >= 0.3 is 0 Å². The summed E-state index contributed by atoms with van der Waals surface area (Å²) in [6.07, 6.45) is 1.67. The molecule has 106 valence electrons. The van der Waals surface area contributed by atoms with E-state index in [0.29, 0.717) is 11.5 Å². The molecular formula is C14H20BrNO2S. The van der Waals surface area contributed by atoms with Gasteiger partial charge in [-0.3, -0.25) is 0 Å². The number of halogens is 1. The van der Waals surface area contributed by atoms with Crippen molar-refractivity contribution in [2.24, 2.45) is 5.92 Å². The molecule has 0 aliphatic carbocycles. The minimum absolute atomic E-state index is 0.240. The van der Waals surface area contributed by atoms with Crippen molar-refractivity contribution in [3.63, 3.8) is 0 Å². The molecule has 0 radical (unpaired) electrons. The summed E-state index contributed by atoms with van der Waals surface area (Å²) in [6, 6.07) is 8.47. The molecule has 0 spiro atoms. The zero-order valence-corrected chi connectivity index (χ0v) is 13.5. The van der Waals surface area contributed by atoms with Gasteiger partial charge in [0.25, 0.3) is 0 Å². The second-order valence-electron chi connectivity index (χ2n) is 5.16. The maximum Gasteiger partial charge on any atom is 0.150 e. The minimum atomic E-state index is -2.81. The first-order valence-electron chi connectivity index (χ1n) is 6.68. The number of sulfone groups is 1. The molecule has 0 bridgehead atoms. The molecule has 1 aromatic rings. The lowest BCUT2D eigenvalue weighted by Gasteiger charge is -2.23. The fourth-order valence-corrected chi connectivity index (χ4v) is 5.05. The van der Waals surface area contributed by atoms with Crippen LogP contribution >= 0.6 is 15.9 Å². The quantitative estimate of drug-likeness (QED) is 0.891. The maximum atomic E-state index is 11.6. The fraction of sp³-hybridized carbons (Fsp3) is 0.571. The second-order valence-corrected chi connectivity index (χ2v) is 8.31. The van der Waals surface area contributed by atoms with Crippen LogP contribution < -0.4 is 5.32 Å². The average molecular weight is 346 g/mol. The van der Waals surface area contributed by atoms with Gasteiger partial charge in [0, 0.05) is 10.5 Å². The highest BCUT2D eigenvalue weighted by Crippen LogP contribution is 2.24. The van der Waals surface area contributed by atoms with Crippen LogP contribution in [0.1, 0.15) is 18.9 Å². The number of nitrogens with one attached hydrogen (secondary N) is 1. The van der Waals surface area contributed by atoms with E-state index in [1.807, 2.05) is 12.1 Å². The summed E-state index contributed by atoms with van der Waals surface area (Å²) < 4.78 is 24.3. The zero-order chi connectivity index (χ0) is 13.9. The van der Waals surface area contributed by atoms with Crippen LogP contribution in [0.3, 0.4) is 0 Å². The van der Waals surface area contributed by atoms with Gasteiger partial charge in [-0.15, -0.1) is 0 Å². The van der Waals surface area contributed by atoms with Crippen LogP contribution in [0.25, 0.3) is 0 Å². The van der Waals surface area contributed by atoms with E-state index in [4.69, 9.17) is 0 Å². The van der Waals surface area contributed by atoms with Crippen LogP contribution in [-0.2, 0) is 16.3 Å². The molecule has 1 aliphatic rings. The van der Waals surface area contributed by atoms with E-state index in [1.165, 1.54) is 5.56 Å². The third-order valence-corrected chi connectivity index (χ3v) is 5.93. The van der Waals surface area contributed by atoms with Crippen LogP contribution in [0, 0.1) is 5.92 Å². The van der Waals surface area contributed by atoms with Crippen LogP contribution in [0.4, 0.5) is 0 Å². The lowest BCUT2D eigenvalue weighted by atomic mass is 9.93. The smallest absolute Gasteiger partial charge is 0.150 e. The molecule has 2 atom stereocenters. The SMILES string of the molecule is CCNC(Cc1cccc(Br)c1)C1CCS(=O)(=O)C1. The van der Waals surface area contributed by atoms with Gasteiger partial charge in [0.05, 0.1) is 11.5 Å². The maximum absolute atomic E-state index is 11.6. The lowest BCUT2D eigenvalue weighted by molar-refractivity contribution is 0.386. The van der Waals surface area contributed by atoms with E-state index in [2.05, 4.69) is 40.3 Å². The molecule has 1 fully saturated rings. The van der Waals surface area contributed by atoms with Crippen LogP contribution in [0.2, 0.25) is 0 Å². The van der Waals surface area contributed by atoms with Crippen molar-refractivity contribution in [1.29, 1.82) is 0 Å². The Morgan fingerprint density at radius 3 is 2.84 bits per heavy atom. The average Bonchev–Trinajstić information content (AvgIpc) is 2.69. The first-order valence-corrected chi connectivity index (χ1v) is 9.30. The number of hydrogen-bond donors (Lipinski definition) is 1. The van der Waals surface area contributed by atoms with Gasteiger partial charge < -0.3 is 5.32 Å². The Morgan fingerprint density at radius 2 is 2.26 bits per heavy atom. The van der Waals surface area contributed by atoms with E-state index < -0.39 is 9.84 Å². The zero-order valence-electron chi connectivity index (χ0n) is 11.1. The normalized spacial score (nSPS) is 23.4. The van der Waals surface area contributed by atoms with Crippen molar-refractivity contribution < 1.29 is 8.42 Å². The van der Waals surface area contributed by atoms with E-state index in [9.17, 15) is 8.42 Å². The summed E-state index contributed by atoms with van der Waals surface area (Å²) in [4.78, 5) is 0. The molecule has 0 amide bonds. The topological polar surface area (TPSA) is 46.2 Å². The first kappa shape index (κ1) is 15.0. The molecular weight excluding hydrogens is 326 g/mol. The Bertz CT molecular complexity index is 530. The highest BCUT2D eigenvalue weighted by Gasteiger charge is 2.33. The summed E-state index contributed by atoms with van der Waals surface area (Å²) in [5, 5.41) is 3.45. The molecule has 0 aromatic heterocycles. The third-order valence-electron chi connectivity index (χ3n) is 3.65. The lowest BCUT2D eigenvalue weighted by Crippen LogP contribution is -2.38. The van der Waals surface area contributed by atoms with Gasteiger partial charge in [-0.25, -0.2) is 8.42 Å². The van der Waals surface area contributed by atoms with Gasteiger partial charge in [-0.1, -0.05) is 35.0 Å². The predicted molar refractivity (Wildman–Crippen MR) is 82.1 cm³/mol. The Morgan fingerprint density at radius 1 is 1.47 bits per heavy atom. The summed E-state index contributed by atoms with van der Waals surface area (Å²) in [7, 11) is -2.81. The van der Waals surface area contributed by atoms with E-state index in [1.54, 1.807) is 0 Å². The summed E-state index contributed by atoms with van der Waals surface area (Å²) >= 11 is 3.48. The van der Waals surface area contributed by atoms with E-state index in [-0.39, 0.29) is 12.0 Å². The van der Waals surface area contributed by atoms with Crippen LogP contribution in [0.5, 0.6) is 0 Å². The molecule has 0 saturated carbocycles. The molecule has 2 rings (SSSR count). The predicted octanol–water partition coefficient (Wildman–Crippen LogP) is 2.40. The summed E-state index contributed by atoms with van der Waals surface area (Å²) in [5.41, 5.74) is 1.24. The summed E-state index contributed by atoms with van der Waals surface area (Å²) in [5.74, 6) is 0.917. The second kappa shape index (κ2) is 6.37. The molecule has 19 heavy (non-hydrogen) atoms. The Balaban J connectivity index is 2.08. The van der Waals surface area contributed by atoms with Crippen LogP contribution in [-0.4, -0.2) is 32.5 Å². The Hall–Kier alpha value is -0.390. The highest BCUT2D eigenvalue weighted by atomic mass is 79.9. The first-order chi connectivity index (χ1) is 9.00. The van der Waals surface area contributed by atoms with Crippen molar-refractivity contribution in [2.75, 3.05) is 18.1 Å². The molecule has 1 heterocycles. The molecule has 1 N–H and O–H groups in total. The van der Waals surface area contributed by atoms with Gasteiger partial charge in [0.2, 0.25) is 0 Å². The summed E-state index contributed by atoms with van der Waals surface area (Å²) in [6.45, 7) is 2.94. The van der Waals surface area contributed by atoms with E-state index in [0.717, 1.165) is 23.9 Å². The molecule has 1 aliphatic heterocycles. The number of benzene rings is 1. The standard InChI is InChI=1S/C14H20BrNO2S/c1-2-16-14(12-6-7-19(17,18)10-12)9-11-4-3-5-13(15)8-11/h3-5,8,12,14,16H,2,6-7,9-10H2,1H3. The van der Waals surface area contributed by atoms with Gasteiger partial charge in [0.1, 0.15) is 0 Å². The molecule has 1 saturated heterocycles. The Kier molecular flexibility index (Phi) is 5.03. The van der Waals surface area contributed by atoms with Crippen molar-refractivity contribution in [1.82, 2.24) is 5.32 Å². The number of likely N-dealkylation sites (N-methyl/N-ethyl adjacent to an activating group) is 1. The molecule has 1 aromatic carbocycles. The fourth-order valence-electron chi connectivity index (χ4n) is 2.73. The highest BCUT2D eigenvalue weighted by molar-refractivity contribution is 9.10. The monoisotopic (exact) mass is 345 g/mol. The van der Waals surface area contributed by atoms with Gasteiger partial charge in [0.15, 0.2) is 9.84 Å². The van der Waals surface area contributed by atoms with Gasteiger partial charge in [-0.05, 0) is 43.0 Å². The van der Waals surface area contributed by atoms with Crippen molar-refractivity contribution in [3.8, 4) is 0 Å². The largest absolute Gasteiger partial charge is 0.314 e. The number of rotatable bonds is 5. The number of hydrogen-bond acceptors (Lipinski definition) is 3.